The number of amides is 1. The fourth-order valence-corrected chi connectivity index (χ4v) is 2.75. The third-order valence-corrected chi connectivity index (χ3v) is 3.90. The molecule has 1 aromatic carbocycles. The van der Waals surface area contributed by atoms with Gasteiger partial charge in [-0.1, -0.05) is 36.7 Å². The van der Waals surface area contributed by atoms with Crippen molar-refractivity contribution in [3.63, 3.8) is 0 Å². The van der Waals surface area contributed by atoms with E-state index in [4.69, 9.17) is 17.3 Å². The van der Waals surface area contributed by atoms with Gasteiger partial charge in [0.1, 0.15) is 0 Å². The van der Waals surface area contributed by atoms with Gasteiger partial charge in [0, 0.05) is 11.6 Å². The number of carbonyl (C=O) groups is 1. The summed E-state index contributed by atoms with van der Waals surface area (Å²) in [6, 6.07) is 7.43. The summed E-state index contributed by atoms with van der Waals surface area (Å²) in [6.45, 7) is 2.71. The van der Waals surface area contributed by atoms with Gasteiger partial charge in [0.05, 0.1) is 12.1 Å². The van der Waals surface area contributed by atoms with Crippen LogP contribution in [-0.4, -0.2) is 23.4 Å². The van der Waals surface area contributed by atoms with Crippen LogP contribution in [0.25, 0.3) is 0 Å². The molecular formula is C14H19ClN2O. The minimum Gasteiger partial charge on any atom is -0.334 e. The second kappa shape index (κ2) is 5.72. The molecule has 1 fully saturated rings. The number of nitrogens with two attached hydrogens (primary N) is 1. The number of hydrogen-bond acceptors (Lipinski definition) is 2. The predicted octanol–water partition coefficient (Wildman–Crippen LogP) is 2.74. The lowest BCUT2D eigenvalue weighted by atomic mass is 10.0. The maximum atomic E-state index is 12.2. The van der Waals surface area contributed by atoms with Crippen LogP contribution in [0, 0.1) is 0 Å². The van der Waals surface area contributed by atoms with Crippen molar-refractivity contribution in [1.82, 2.24) is 4.90 Å². The van der Waals surface area contributed by atoms with Gasteiger partial charge in [-0.3, -0.25) is 4.79 Å². The lowest BCUT2D eigenvalue weighted by Crippen LogP contribution is -2.43. The molecule has 18 heavy (non-hydrogen) atoms. The Bertz CT molecular complexity index is 436. The molecule has 2 atom stereocenters. The lowest BCUT2D eigenvalue weighted by molar-refractivity contribution is -0.133. The summed E-state index contributed by atoms with van der Waals surface area (Å²) in [6.07, 6.45) is 2.65. The molecule has 2 unspecified atom stereocenters. The quantitative estimate of drug-likeness (QED) is 0.914. The molecular weight excluding hydrogens is 248 g/mol. The van der Waals surface area contributed by atoms with Crippen LogP contribution >= 0.6 is 11.6 Å². The molecule has 0 aliphatic carbocycles. The minimum atomic E-state index is -0.395. The maximum Gasteiger partial charge on any atom is 0.239 e. The molecule has 0 aromatic heterocycles. The Morgan fingerprint density at radius 1 is 1.56 bits per heavy atom. The summed E-state index contributed by atoms with van der Waals surface area (Å²) in [5, 5.41) is 0.729. The first-order valence-corrected chi connectivity index (χ1v) is 6.83. The van der Waals surface area contributed by atoms with E-state index in [0.29, 0.717) is 6.42 Å². The maximum absolute atomic E-state index is 12.2. The second-order valence-corrected chi connectivity index (χ2v) is 5.13. The number of rotatable bonds is 3. The Labute approximate surface area is 113 Å². The molecule has 1 saturated heterocycles. The van der Waals surface area contributed by atoms with Gasteiger partial charge in [0.25, 0.3) is 0 Å². The summed E-state index contributed by atoms with van der Waals surface area (Å²) >= 11 is 6.22. The Hall–Kier alpha value is -1.06. The van der Waals surface area contributed by atoms with E-state index in [0.717, 1.165) is 30.0 Å². The Kier molecular flexibility index (Phi) is 4.25. The third-order valence-electron chi connectivity index (χ3n) is 3.56. The fraction of sp³-hybridized carbons (Fsp3) is 0.500. The van der Waals surface area contributed by atoms with Crippen LogP contribution in [0.2, 0.25) is 5.02 Å². The number of halogens is 1. The van der Waals surface area contributed by atoms with Gasteiger partial charge >= 0.3 is 0 Å². The van der Waals surface area contributed by atoms with Crippen LogP contribution in [0.1, 0.15) is 37.8 Å². The smallest absolute Gasteiger partial charge is 0.239 e. The monoisotopic (exact) mass is 266 g/mol. The molecule has 1 aliphatic rings. The predicted molar refractivity (Wildman–Crippen MR) is 73.4 cm³/mol. The van der Waals surface area contributed by atoms with Gasteiger partial charge in [-0.25, -0.2) is 0 Å². The van der Waals surface area contributed by atoms with Crippen LogP contribution in [0.4, 0.5) is 0 Å². The number of benzene rings is 1. The van der Waals surface area contributed by atoms with E-state index in [-0.39, 0.29) is 11.9 Å². The van der Waals surface area contributed by atoms with E-state index < -0.39 is 6.04 Å². The zero-order valence-electron chi connectivity index (χ0n) is 10.6. The molecule has 0 spiro atoms. The molecule has 2 rings (SSSR count). The average molecular weight is 267 g/mol. The highest BCUT2D eigenvalue weighted by molar-refractivity contribution is 6.31. The highest BCUT2D eigenvalue weighted by Crippen LogP contribution is 2.35. The van der Waals surface area contributed by atoms with Gasteiger partial charge in [-0.15, -0.1) is 0 Å². The van der Waals surface area contributed by atoms with Crippen molar-refractivity contribution in [1.29, 1.82) is 0 Å². The normalized spacial score (nSPS) is 21.1. The zero-order chi connectivity index (χ0) is 13.1. The molecule has 0 saturated carbocycles. The highest BCUT2D eigenvalue weighted by atomic mass is 35.5. The van der Waals surface area contributed by atoms with Crippen molar-refractivity contribution in [2.24, 2.45) is 5.73 Å². The Morgan fingerprint density at radius 2 is 2.28 bits per heavy atom. The van der Waals surface area contributed by atoms with E-state index >= 15 is 0 Å². The van der Waals surface area contributed by atoms with E-state index in [2.05, 4.69) is 0 Å². The first-order valence-electron chi connectivity index (χ1n) is 6.45. The molecule has 0 radical (unpaired) electrons. The molecule has 4 heteroatoms. The molecule has 98 valence electrons. The highest BCUT2D eigenvalue weighted by Gasteiger charge is 2.32. The summed E-state index contributed by atoms with van der Waals surface area (Å²) in [5.74, 6) is 0.0416. The Balaban J connectivity index is 2.23. The van der Waals surface area contributed by atoms with Crippen LogP contribution < -0.4 is 5.73 Å². The molecule has 1 amide bonds. The van der Waals surface area contributed by atoms with Crippen molar-refractivity contribution in [2.75, 3.05) is 6.54 Å². The van der Waals surface area contributed by atoms with E-state index in [1.165, 1.54) is 0 Å². The summed E-state index contributed by atoms with van der Waals surface area (Å²) in [7, 11) is 0. The van der Waals surface area contributed by atoms with Crippen LogP contribution in [-0.2, 0) is 4.79 Å². The zero-order valence-corrected chi connectivity index (χ0v) is 11.4. The van der Waals surface area contributed by atoms with Gasteiger partial charge in [-0.05, 0) is 30.9 Å². The third kappa shape index (κ3) is 2.52. The topological polar surface area (TPSA) is 46.3 Å². The largest absolute Gasteiger partial charge is 0.334 e. The van der Waals surface area contributed by atoms with Crippen molar-refractivity contribution in [3.8, 4) is 0 Å². The molecule has 3 nitrogen and oxygen atoms in total. The number of nitrogens with zero attached hydrogens (tertiary/aromatic N) is 1. The molecule has 2 N–H and O–H groups in total. The Morgan fingerprint density at radius 3 is 2.94 bits per heavy atom. The van der Waals surface area contributed by atoms with E-state index in [1.54, 1.807) is 0 Å². The summed E-state index contributed by atoms with van der Waals surface area (Å²) in [4.78, 5) is 14.1. The SMILES string of the molecule is CCC(N)C(=O)N1CCCC1c1ccccc1Cl. The van der Waals surface area contributed by atoms with Gasteiger partial charge < -0.3 is 10.6 Å². The van der Waals surface area contributed by atoms with Crippen LogP contribution in [0.15, 0.2) is 24.3 Å². The average Bonchev–Trinajstić information content (AvgIpc) is 2.86. The van der Waals surface area contributed by atoms with Gasteiger partial charge in [-0.2, -0.15) is 0 Å². The second-order valence-electron chi connectivity index (χ2n) is 4.73. The van der Waals surface area contributed by atoms with Crippen molar-refractivity contribution >= 4 is 17.5 Å². The van der Waals surface area contributed by atoms with Crippen LogP contribution in [0.3, 0.4) is 0 Å². The molecule has 1 aliphatic heterocycles. The van der Waals surface area contributed by atoms with Crippen molar-refractivity contribution < 1.29 is 4.79 Å². The summed E-state index contributed by atoms with van der Waals surface area (Å²) < 4.78 is 0. The number of likely N-dealkylation sites (tertiary alicyclic amines) is 1. The van der Waals surface area contributed by atoms with E-state index in [9.17, 15) is 4.79 Å². The molecule has 0 bridgehead atoms. The number of hydrogen-bond donors (Lipinski definition) is 1. The first kappa shape index (κ1) is 13.4. The number of carbonyl (C=O) groups excluding carboxylic acids is 1. The van der Waals surface area contributed by atoms with Gasteiger partial charge in [0.2, 0.25) is 5.91 Å². The first-order chi connectivity index (χ1) is 8.65. The standard InChI is InChI=1S/C14H19ClN2O/c1-2-12(16)14(18)17-9-5-8-13(17)10-6-3-4-7-11(10)15/h3-4,6-7,12-13H,2,5,8-9,16H2,1H3. The summed E-state index contributed by atoms with van der Waals surface area (Å²) in [5.41, 5.74) is 6.89. The van der Waals surface area contributed by atoms with Crippen molar-refractivity contribution in [2.45, 2.75) is 38.3 Å². The molecule has 1 aromatic rings. The lowest BCUT2D eigenvalue weighted by Gasteiger charge is -2.28. The fourth-order valence-electron chi connectivity index (χ4n) is 2.49. The van der Waals surface area contributed by atoms with E-state index in [1.807, 2.05) is 36.1 Å². The van der Waals surface area contributed by atoms with Gasteiger partial charge in [0.15, 0.2) is 0 Å². The minimum absolute atomic E-state index is 0.0416. The van der Waals surface area contributed by atoms with Crippen LogP contribution in [0.5, 0.6) is 0 Å². The molecule has 1 heterocycles. The van der Waals surface area contributed by atoms with Crippen molar-refractivity contribution in [3.05, 3.63) is 34.9 Å².